The lowest BCUT2D eigenvalue weighted by molar-refractivity contribution is -0.0526. The number of benzene rings is 1. The number of ether oxygens (including phenoxy) is 1. The molecule has 0 amide bonds. The van der Waals surface area contributed by atoms with Crippen molar-refractivity contribution in [3.63, 3.8) is 0 Å². The van der Waals surface area contributed by atoms with Crippen LogP contribution in [0.5, 0.6) is 0 Å². The Bertz CT molecular complexity index is 411. The minimum atomic E-state index is 0.295. The molecule has 0 aliphatic carbocycles. The highest BCUT2D eigenvalue weighted by Crippen LogP contribution is 2.22. The first kappa shape index (κ1) is 13.8. The second-order valence-corrected chi connectivity index (χ2v) is 5.46. The van der Waals surface area contributed by atoms with Crippen LogP contribution in [-0.2, 0) is 17.8 Å². The van der Waals surface area contributed by atoms with E-state index in [1.54, 1.807) is 0 Å². The van der Waals surface area contributed by atoms with Crippen molar-refractivity contribution in [2.75, 3.05) is 13.2 Å². The number of rotatable bonds is 3. The summed E-state index contributed by atoms with van der Waals surface area (Å²) in [5.74, 6) is 0. The van der Waals surface area contributed by atoms with Gasteiger partial charge < -0.3 is 10.5 Å². The molecule has 1 aromatic rings. The summed E-state index contributed by atoms with van der Waals surface area (Å²) in [7, 11) is 0. The van der Waals surface area contributed by atoms with Crippen LogP contribution in [0.3, 0.4) is 0 Å². The normalized spacial score (nSPS) is 25.3. The maximum Gasteiger partial charge on any atom is 0.0674 e. The van der Waals surface area contributed by atoms with Gasteiger partial charge in [0.2, 0.25) is 0 Å². The highest BCUT2D eigenvalue weighted by atomic mass is 35.5. The molecule has 18 heavy (non-hydrogen) atoms. The fourth-order valence-electron chi connectivity index (χ4n) is 2.26. The van der Waals surface area contributed by atoms with Crippen molar-refractivity contribution in [3.05, 3.63) is 34.3 Å². The topological polar surface area (TPSA) is 38.5 Å². The van der Waals surface area contributed by atoms with E-state index < -0.39 is 0 Å². The van der Waals surface area contributed by atoms with E-state index >= 15 is 0 Å². The standard InChI is InChI=1S/C14H21ClN2O/c1-10-9-18-11(2)7-17(10)8-13-4-3-12(6-16)5-14(13)15/h3-5,10-11H,6-9,16H2,1-2H3. The second kappa shape index (κ2) is 6.02. The van der Waals surface area contributed by atoms with Gasteiger partial charge in [-0.05, 0) is 31.0 Å². The van der Waals surface area contributed by atoms with E-state index in [9.17, 15) is 0 Å². The maximum atomic E-state index is 6.30. The van der Waals surface area contributed by atoms with Crippen LogP contribution in [-0.4, -0.2) is 30.2 Å². The van der Waals surface area contributed by atoms with Crippen molar-refractivity contribution in [1.29, 1.82) is 0 Å². The van der Waals surface area contributed by atoms with E-state index in [0.29, 0.717) is 18.7 Å². The molecule has 3 nitrogen and oxygen atoms in total. The van der Waals surface area contributed by atoms with Crippen molar-refractivity contribution in [1.82, 2.24) is 4.90 Å². The van der Waals surface area contributed by atoms with E-state index in [0.717, 1.165) is 35.8 Å². The molecular weight excluding hydrogens is 248 g/mol. The van der Waals surface area contributed by atoms with Gasteiger partial charge in [0, 0.05) is 30.7 Å². The van der Waals surface area contributed by atoms with E-state index in [1.165, 1.54) is 0 Å². The van der Waals surface area contributed by atoms with Gasteiger partial charge in [-0.3, -0.25) is 4.90 Å². The SMILES string of the molecule is CC1CN(Cc2ccc(CN)cc2Cl)C(C)CO1. The average Bonchev–Trinajstić information content (AvgIpc) is 2.36. The van der Waals surface area contributed by atoms with Gasteiger partial charge in [0.1, 0.15) is 0 Å². The number of halogens is 1. The summed E-state index contributed by atoms with van der Waals surface area (Å²) in [4.78, 5) is 2.41. The molecule has 0 aromatic heterocycles. The smallest absolute Gasteiger partial charge is 0.0674 e. The minimum Gasteiger partial charge on any atom is -0.376 e. The molecule has 1 aliphatic rings. The van der Waals surface area contributed by atoms with E-state index in [2.05, 4.69) is 30.9 Å². The molecule has 0 spiro atoms. The van der Waals surface area contributed by atoms with Crippen molar-refractivity contribution in [3.8, 4) is 0 Å². The molecule has 1 heterocycles. The highest BCUT2D eigenvalue weighted by Gasteiger charge is 2.23. The molecule has 1 aliphatic heterocycles. The molecule has 0 bridgehead atoms. The number of nitrogens with two attached hydrogens (primary N) is 1. The lowest BCUT2D eigenvalue weighted by Crippen LogP contribution is -2.46. The minimum absolute atomic E-state index is 0.295. The van der Waals surface area contributed by atoms with Crippen LogP contribution < -0.4 is 5.73 Å². The van der Waals surface area contributed by atoms with Gasteiger partial charge in [0.05, 0.1) is 12.7 Å². The van der Waals surface area contributed by atoms with Gasteiger partial charge in [-0.2, -0.15) is 0 Å². The van der Waals surface area contributed by atoms with Crippen molar-refractivity contribution in [2.45, 2.75) is 39.1 Å². The Morgan fingerprint density at radius 2 is 2.22 bits per heavy atom. The van der Waals surface area contributed by atoms with Crippen LogP contribution in [0.4, 0.5) is 0 Å². The molecule has 2 unspecified atom stereocenters. The third kappa shape index (κ3) is 3.23. The van der Waals surface area contributed by atoms with E-state index in [1.807, 2.05) is 6.07 Å². The number of nitrogens with zero attached hydrogens (tertiary/aromatic N) is 1. The van der Waals surface area contributed by atoms with Crippen LogP contribution in [0.15, 0.2) is 18.2 Å². The average molecular weight is 269 g/mol. The fourth-order valence-corrected chi connectivity index (χ4v) is 2.52. The van der Waals surface area contributed by atoms with Gasteiger partial charge in [0.25, 0.3) is 0 Å². The lowest BCUT2D eigenvalue weighted by atomic mass is 10.1. The second-order valence-electron chi connectivity index (χ2n) is 5.05. The van der Waals surface area contributed by atoms with Crippen LogP contribution in [0.1, 0.15) is 25.0 Å². The van der Waals surface area contributed by atoms with Crippen LogP contribution >= 0.6 is 11.6 Å². The molecular formula is C14H21ClN2O. The van der Waals surface area contributed by atoms with Crippen LogP contribution in [0.2, 0.25) is 5.02 Å². The summed E-state index contributed by atoms with van der Waals surface area (Å²) < 4.78 is 5.63. The summed E-state index contributed by atoms with van der Waals surface area (Å²) in [5.41, 5.74) is 7.85. The predicted octanol–water partition coefficient (Wildman–Crippen LogP) is 2.41. The molecule has 2 N–H and O–H groups in total. The first-order valence-corrected chi connectivity index (χ1v) is 6.81. The van der Waals surface area contributed by atoms with E-state index in [4.69, 9.17) is 22.1 Å². The third-order valence-electron chi connectivity index (χ3n) is 3.46. The van der Waals surface area contributed by atoms with Gasteiger partial charge >= 0.3 is 0 Å². The zero-order chi connectivity index (χ0) is 13.1. The fraction of sp³-hybridized carbons (Fsp3) is 0.571. The first-order chi connectivity index (χ1) is 8.60. The molecule has 2 rings (SSSR count). The van der Waals surface area contributed by atoms with Crippen molar-refractivity contribution in [2.24, 2.45) is 5.73 Å². The van der Waals surface area contributed by atoms with Crippen molar-refractivity contribution < 1.29 is 4.74 Å². The Balaban J connectivity index is 2.08. The Morgan fingerprint density at radius 1 is 1.44 bits per heavy atom. The molecule has 2 atom stereocenters. The summed E-state index contributed by atoms with van der Waals surface area (Å²) in [5, 5.41) is 0.810. The Morgan fingerprint density at radius 3 is 2.89 bits per heavy atom. The van der Waals surface area contributed by atoms with E-state index in [-0.39, 0.29) is 0 Å². The first-order valence-electron chi connectivity index (χ1n) is 6.43. The highest BCUT2D eigenvalue weighted by molar-refractivity contribution is 6.31. The molecule has 4 heteroatoms. The lowest BCUT2D eigenvalue weighted by Gasteiger charge is -2.37. The summed E-state index contributed by atoms with van der Waals surface area (Å²) >= 11 is 6.30. The van der Waals surface area contributed by atoms with Gasteiger partial charge in [0.15, 0.2) is 0 Å². The summed E-state index contributed by atoms with van der Waals surface area (Å²) in [6, 6.07) is 6.53. The number of hydrogen-bond donors (Lipinski definition) is 1. The summed E-state index contributed by atoms with van der Waals surface area (Å²) in [6.45, 7) is 7.45. The zero-order valence-corrected chi connectivity index (χ0v) is 11.8. The molecule has 1 saturated heterocycles. The number of morpholine rings is 1. The molecule has 0 radical (unpaired) electrons. The zero-order valence-electron chi connectivity index (χ0n) is 11.0. The summed E-state index contributed by atoms with van der Waals surface area (Å²) in [6.07, 6.45) is 0.295. The van der Waals surface area contributed by atoms with Crippen molar-refractivity contribution >= 4 is 11.6 Å². The molecule has 1 aromatic carbocycles. The molecule has 1 fully saturated rings. The van der Waals surface area contributed by atoms with Gasteiger partial charge in [-0.25, -0.2) is 0 Å². The Labute approximate surface area is 114 Å². The monoisotopic (exact) mass is 268 g/mol. The molecule has 0 saturated carbocycles. The Kier molecular flexibility index (Phi) is 4.62. The Hall–Kier alpha value is -0.610. The van der Waals surface area contributed by atoms with Gasteiger partial charge in [-0.1, -0.05) is 23.7 Å². The number of hydrogen-bond acceptors (Lipinski definition) is 3. The van der Waals surface area contributed by atoms with Crippen LogP contribution in [0, 0.1) is 0 Å². The quantitative estimate of drug-likeness (QED) is 0.915. The largest absolute Gasteiger partial charge is 0.376 e. The third-order valence-corrected chi connectivity index (χ3v) is 3.82. The predicted molar refractivity (Wildman–Crippen MR) is 74.6 cm³/mol. The maximum absolute atomic E-state index is 6.30. The van der Waals surface area contributed by atoms with Gasteiger partial charge in [-0.15, -0.1) is 0 Å². The van der Waals surface area contributed by atoms with Crippen LogP contribution in [0.25, 0.3) is 0 Å². The molecule has 100 valence electrons.